The molecule has 17 heavy (non-hydrogen) atoms. The number of aromatic nitrogens is 1. The molecule has 0 spiro atoms. The number of aryl methyl sites for hydroxylation is 2. The maximum absolute atomic E-state index is 6.17. The molecule has 4 heteroatoms. The summed E-state index contributed by atoms with van der Waals surface area (Å²) in [6, 6.07) is 7.62. The summed E-state index contributed by atoms with van der Waals surface area (Å²) in [5, 5.41) is 1.80. The van der Waals surface area contributed by atoms with Crippen LogP contribution in [0.25, 0.3) is 0 Å². The van der Waals surface area contributed by atoms with Crippen LogP contribution in [-0.2, 0) is 6.42 Å². The van der Waals surface area contributed by atoms with E-state index in [0.717, 1.165) is 27.7 Å². The second-order valence-corrected chi connectivity index (χ2v) is 5.78. The monoisotopic (exact) mass is 266 g/mol. The molecule has 1 aromatic carbocycles. The van der Waals surface area contributed by atoms with Gasteiger partial charge in [-0.05, 0) is 25.5 Å². The summed E-state index contributed by atoms with van der Waals surface area (Å²) in [6.07, 6.45) is 0.739. The van der Waals surface area contributed by atoms with Gasteiger partial charge in [-0.1, -0.05) is 29.8 Å². The lowest BCUT2D eigenvalue weighted by molar-refractivity contribution is 0.717. The van der Waals surface area contributed by atoms with Gasteiger partial charge in [0.1, 0.15) is 0 Å². The number of rotatable bonds is 3. The van der Waals surface area contributed by atoms with E-state index < -0.39 is 0 Å². The Kier molecular flexibility index (Phi) is 3.82. The Morgan fingerprint density at radius 2 is 2.06 bits per heavy atom. The third-order valence-electron chi connectivity index (χ3n) is 2.77. The molecule has 0 aliphatic rings. The number of nitrogens with zero attached hydrogens (tertiary/aromatic N) is 1. The highest BCUT2D eigenvalue weighted by Gasteiger charge is 2.13. The number of halogens is 1. The van der Waals surface area contributed by atoms with Gasteiger partial charge >= 0.3 is 0 Å². The average molecular weight is 267 g/mol. The normalized spacial score (nSPS) is 12.7. The molecule has 1 atom stereocenters. The van der Waals surface area contributed by atoms with Crippen molar-refractivity contribution in [1.29, 1.82) is 0 Å². The standard InChI is InChI=1S/C13H15ClN2S/c1-8-9(2)17-13(16-8)7-12(15)10-5-3-4-6-11(10)14/h3-6,12H,7,15H2,1-2H3. The minimum absolute atomic E-state index is 0.0892. The van der Waals surface area contributed by atoms with Gasteiger partial charge in [-0.2, -0.15) is 0 Å². The molecule has 90 valence electrons. The Morgan fingerprint density at radius 1 is 1.35 bits per heavy atom. The molecule has 0 aliphatic carbocycles. The quantitative estimate of drug-likeness (QED) is 0.921. The molecule has 0 amide bonds. The molecular formula is C13H15ClN2S. The Bertz CT molecular complexity index is 502. The van der Waals surface area contributed by atoms with Crippen LogP contribution < -0.4 is 5.73 Å². The van der Waals surface area contributed by atoms with E-state index in [-0.39, 0.29) is 6.04 Å². The molecule has 0 saturated heterocycles. The van der Waals surface area contributed by atoms with Crippen molar-refractivity contribution in [2.75, 3.05) is 0 Å². The SMILES string of the molecule is Cc1nc(CC(N)c2ccccc2Cl)sc1C. The first-order valence-electron chi connectivity index (χ1n) is 5.51. The Hall–Kier alpha value is -0.900. The average Bonchev–Trinajstić information content (AvgIpc) is 2.58. The van der Waals surface area contributed by atoms with Crippen LogP contribution in [-0.4, -0.2) is 4.98 Å². The minimum atomic E-state index is -0.0892. The van der Waals surface area contributed by atoms with E-state index in [4.69, 9.17) is 17.3 Å². The van der Waals surface area contributed by atoms with E-state index in [9.17, 15) is 0 Å². The first kappa shape index (κ1) is 12.6. The van der Waals surface area contributed by atoms with Crippen molar-refractivity contribution < 1.29 is 0 Å². The van der Waals surface area contributed by atoms with E-state index in [1.54, 1.807) is 11.3 Å². The molecule has 0 radical (unpaired) electrons. The van der Waals surface area contributed by atoms with Crippen molar-refractivity contribution >= 4 is 22.9 Å². The van der Waals surface area contributed by atoms with E-state index in [1.807, 2.05) is 31.2 Å². The minimum Gasteiger partial charge on any atom is -0.324 e. The van der Waals surface area contributed by atoms with Crippen LogP contribution in [0.5, 0.6) is 0 Å². The second-order valence-electron chi connectivity index (χ2n) is 4.08. The lowest BCUT2D eigenvalue weighted by Gasteiger charge is -2.11. The molecule has 1 heterocycles. The Labute approximate surface area is 110 Å². The van der Waals surface area contributed by atoms with Crippen molar-refractivity contribution in [2.24, 2.45) is 5.73 Å². The van der Waals surface area contributed by atoms with E-state index >= 15 is 0 Å². The van der Waals surface area contributed by atoms with Crippen molar-refractivity contribution in [1.82, 2.24) is 4.98 Å². The van der Waals surface area contributed by atoms with Gasteiger partial charge in [0.25, 0.3) is 0 Å². The first-order valence-corrected chi connectivity index (χ1v) is 6.70. The zero-order valence-corrected chi connectivity index (χ0v) is 11.5. The van der Waals surface area contributed by atoms with Gasteiger partial charge in [0.05, 0.1) is 10.7 Å². The van der Waals surface area contributed by atoms with Crippen molar-refractivity contribution in [3.63, 3.8) is 0 Å². The van der Waals surface area contributed by atoms with Gasteiger partial charge in [0.15, 0.2) is 0 Å². The highest BCUT2D eigenvalue weighted by molar-refractivity contribution is 7.11. The van der Waals surface area contributed by atoms with Gasteiger partial charge < -0.3 is 5.73 Å². The largest absolute Gasteiger partial charge is 0.324 e. The van der Waals surface area contributed by atoms with E-state index in [1.165, 1.54) is 4.88 Å². The van der Waals surface area contributed by atoms with Crippen LogP contribution in [0.4, 0.5) is 0 Å². The fourth-order valence-electron chi connectivity index (χ4n) is 1.70. The van der Waals surface area contributed by atoms with Crippen molar-refractivity contribution in [3.8, 4) is 0 Å². The summed E-state index contributed by atoms with van der Waals surface area (Å²) in [5.74, 6) is 0. The zero-order chi connectivity index (χ0) is 12.4. The van der Waals surface area contributed by atoms with Gasteiger partial charge in [-0.25, -0.2) is 4.98 Å². The van der Waals surface area contributed by atoms with Gasteiger partial charge in [0, 0.05) is 22.4 Å². The molecular weight excluding hydrogens is 252 g/mol. The van der Waals surface area contributed by atoms with Crippen LogP contribution in [0.3, 0.4) is 0 Å². The number of nitrogens with two attached hydrogens (primary N) is 1. The highest BCUT2D eigenvalue weighted by Crippen LogP contribution is 2.26. The molecule has 1 unspecified atom stereocenters. The smallest absolute Gasteiger partial charge is 0.0949 e. The number of hydrogen-bond acceptors (Lipinski definition) is 3. The Morgan fingerprint density at radius 3 is 2.65 bits per heavy atom. The summed E-state index contributed by atoms with van der Waals surface area (Å²) in [5.41, 5.74) is 8.25. The fourth-order valence-corrected chi connectivity index (χ4v) is 2.97. The third kappa shape index (κ3) is 2.86. The molecule has 2 N–H and O–H groups in total. The zero-order valence-electron chi connectivity index (χ0n) is 9.90. The number of hydrogen-bond donors (Lipinski definition) is 1. The summed E-state index contributed by atoms with van der Waals surface area (Å²) in [7, 11) is 0. The summed E-state index contributed by atoms with van der Waals surface area (Å²) in [6.45, 7) is 4.11. The molecule has 2 rings (SSSR count). The Balaban J connectivity index is 2.17. The summed E-state index contributed by atoms with van der Waals surface area (Å²) < 4.78 is 0. The van der Waals surface area contributed by atoms with Crippen LogP contribution in [0.2, 0.25) is 5.02 Å². The van der Waals surface area contributed by atoms with Gasteiger partial charge in [-0.3, -0.25) is 0 Å². The van der Waals surface area contributed by atoms with Gasteiger partial charge in [0.2, 0.25) is 0 Å². The van der Waals surface area contributed by atoms with E-state index in [0.29, 0.717) is 0 Å². The molecule has 2 aromatic rings. The third-order valence-corrected chi connectivity index (χ3v) is 4.21. The van der Waals surface area contributed by atoms with Crippen LogP contribution >= 0.6 is 22.9 Å². The number of thiazole rings is 1. The lowest BCUT2D eigenvalue weighted by Crippen LogP contribution is -2.13. The van der Waals surface area contributed by atoms with Crippen LogP contribution in [0.1, 0.15) is 27.2 Å². The maximum atomic E-state index is 6.17. The van der Waals surface area contributed by atoms with Crippen LogP contribution in [0.15, 0.2) is 24.3 Å². The topological polar surface area (TPSA) is 38.9 Å². The predicted molar refractivity (Wildman–Crippen MR) is 73.7 cm³/mol. The molecule has 2 nitrogen and oxygen atoms in total. The summed E-state index contributed by atoms with van der Waals surface area (Å²) >= 11 is 7.83. The van der Waals surface area contributed by atoms with Gasteiger partial charge in [-0.15, -0.1) is 11.3 Å². The molecule has 0 aliphatic heterocycles. The molecule has 0 fully saturated rings. The first-order chi connectivity index (χ1) is 8.08. The highest BCUT2D eigenvalue weighted by atomic mass is 35.5. The maximum Gasteiger partial charge on any atom is 0.0949 e. The lowest BCUT2D eigenvalue weighted by atomic mass is 10.1. The molecule has 0 bridgehead atoms. The predicted octanol–water partition coefficient (Wildman–Crippen LogP) is 3.66. The fraction of sp³-hybridized carbons (Fsp3) is 0.308. The molecule has 1 aromatic heterocycles. The van der Waals surface area contributed by atoms with Crippen LogP contribution in [0, 0.1) is 13.8 Å². The second kappa shape index (κ2) is 5.17. The van der Waals surface area contributed by atoms with Crippen molar-refractivity contribution in [3.05, 3.63) is 50.4 Å². The number of benzene rings is 1. The van der Waals surface area contributed by atoms with Crippen molar-refractivity contribution in [2.45, 2.75) is 26.3 Å². The summed E-state index contributed by atoms with van der Waals surface area (Å²) in [4.78, 5) is 5.76. The van der Waals surface area contributed by atoms with E-state index in [2.05, 4.69) is 11.9 Å². The molecule has 0 saturated carbocycles.